The molecule has 0 radical (unpaired) electrons. The van der Waals surface area contributed by atoms with E-state index in [4.69, 9.17) is 5.11 Å². The van der Waals surface area contributed by atoms with E-state index in [-0.39, 0.29) is 12.5 Å². The van der Waals surface area contributed by atoms with Crippen molar-refractivity contribution in [2.24, 2.45) is 0 Å². The number of thiazole rings is 1. The SMILES string of the molecule is Cc1c(C#CCO)cccc1C(=O)NCCc1cscn1. The van der Waals surface area contributed by atoms with E-state index in [0.29, 0.717) is 12.1 Å². The number of carbonyl (C=O) groups is 1. The van der Waals surface area contributed by atoms with Crippen LogP contribution in [-0.2, 0) is 6.42 Å². The third-order valence-electron chi connectivity index (χ3n) is 3.03. The van der Waals surface area contributed by atoms with Gasteiger partial charge in [0.1, 0.15) is 6.61 Å². The van der Waals surface area contributed by atoms with E-state index < -0.39 is 0 Å². The van der Waals surface area contributed by atoms with Crippen LogP contribution in [-0.4, -0.2) is 29.1 Å². The third-order valence-corrected chi connectivity index (χ3v) is 3.67. The second-order valence-electron chi connectivity index (χ2n) is 4.42. The summed E-state index contributed by atoms with van der Waals surface area (Å²) in [5.41, 5.74) is 4.96. The highest BCUT2D eigenvalue weighted by Gasteiger charge is 2.10. The molecule has 0 aliphatic carbocycles. The maximum atomic E-state index is 12.2. The van der Waals surface area contributed by atoms with E-state index in [1.807, 2.05) is 18.4 Å². The van der Waals surface area contributed by atoms with Crippen LogP contribution in [0.5, 0.6) is 0 Å². The molecule has 2 N–H and O–H groups in total. The second-order valence-corrected chi connectivity index (χ2v) is 5.14. The number of nitrogens with zero attached hydrogens (tertiary/aromatic N) is 1. The van der Waals surface area contributed by atoms with E-state index in [1.54, 1.807) is 29.0 Å². The Labute approximate surface area is 127 Å². The van der Waals surface area contributed by atoms with Gasteiger partial charge in [-0.25, -0.2) is 4.98 Å². The Morgan fingerprint density at radius 1 is 1.48 bits per heavy atom. The number of hydrogen-bond acceptors (Lipinski definition) is 4. The minimum absolute atomic E-state index is 0.115. The van der Waals surface area contributed by atoms with Gasteiger partial charge in [0.2, 0.25) is 0 Å². The van der Waals surface area contributed by atoms with Crippen molar-refractivity contribution in [3.63, 3.8) is 0 Å². The fourth-order valence-electron chi connectivity index (χ4n) is 1.91. The van der Waals surface area contributed by atoms with Crippen molar-refractivity contribution in [3.8, 4) is 11.8 Å². The zero-order chi connectivity index (χ0) is 15.1. The molecule has 5 heteroatoms. The quantitative estimate of drug-likeness (QED) is 0.846. The first-order valence-electron chi connectivity index (χ1n) is 6.57. The number of aliphatic hydroxyl groups excluding tert-OH is 1. The second kappa shape index (κ2) is 7.58. The Hall–Kier alpha value is -2.16. The van der Waals surface area contributed by atoms with Crippen LogP contribution >= 0.6 is 11.3 Å². The van der Waals surface area contributed by atoms with Crippen LogP contribution in [0.1, 0.15) is 27.2 Å². The number of carbonyl (C=O) groups excluding carboxylic acids is 1. The molecule has 2 aromatic rings. The van der Waals surface area contributed by atoms with Crippen LogP contribution in [0.15, 0.2) is 29.1 Å². The molecule has 1 heterocycles. The van der Waals surface area contributed by atoms with Crippen molar-refractivity contribution in [2.75, 3.05) is 13.2 Å². The number of benzene rings is 1. The lowest BCUT2D eigenvalue weighted by atomic mass is 10.0. The van der Waals surface area contributed by atoms with Crippen molar-refractivity contribution in [2.45, 2.75) is 13.3 Å². The predicted molar refractivity (Wildman–Crippen MR) is 83.3 cm³/mol. The highest BCUT2D eigenvalue weighted by atomic mass is 32.1. The number of amides is 1. The number of hydrogen-bond donors (Lipinski definition) is 2. The Balaban J connectivity index is 2.01. The van der Waals surface area contributed by atoms with Gasteiger partial charge < -0.3 is 10.4 Å². The average Bonchev–Trinajstić information content (AvgIpc) is 2.99. The molecular weight excluding hydrogens is 284 g/mol. The molecule has 4 nitrogen and oxygen atoms in total. The van der Waals surface area contributed by atoms with Crippen molar-refractivity contribution in [3.05, 3.63) is 51.5 Å². The van der Waals surface area contributed by atoms with Gasteiger partial charge in [0, 0.05) is 29.5 Å². The molecule has 0 aliphatic heterocycles. The molecule has 0 fully saturated rings. The van der Waals surface area contributed by atoms with Gasteiger partial charge >= 0.3 is 0 Å². The maximum Gasteiger partial charge on any atom is 0.251 e. The van der Waals surface area contributed by atoms with Gasteiger partial charge in [0.05, 0.1) is 11.2 Å². The topological polar surface area (TPSA) is 62.2 Å². The highest BCUT2D eigenvalue weighted by Crippen LogP contribution is 2.13. The van der Waals surface area contributed by atoms with Gasteiger partial charge in [-0.1, -0.05) is 17.9 Å². The van der Waals surface area contributed by atoms with Gasteiger partial charge in [-0.2, -0.15) is 0 Å². The van der Waals surface area contributed by atoms with E-state index in [9.17, 15) is 4.79 Å². The largest absolute Gasteiger partial charge is 0.384 e. The molecule has 2 rings (SSSR count). The standard InChI is InChI=1S/C16H16N2O2S/c1-12-13(5-3-9-19)4-2-6-15(12)16(20)17-8-7-14-10-21-11-18-14/h2,4,6,10-11,19H,7-9H2,1H3,(H,17,20). The van der Waals surface area contributed by atoms with E-state index in [0.717, 1.165) is 23.2 Å². The third kappa shape index (κ3) is 4.15. The lowest BCUT2D eigenvalue weighted by molar-refractivity contribution is 0.0953. The van der Waals surface area contributed by atoms with Gasteiger partial charge in [0.25, 0.3) is 5.91 Å². The molecular formula is C16H16N2O2S. The molecule has 0 saturated heterocycles. The summed E-state index contributed by atoms with van der Waals surface area (Å²) < 4.78 is 0. The molecule has 0 spiro atoms. The maximum absolute atomic E-state index is 12.2. The van der Waals surface area contributed by atoms with Crippen molar-refractivity contribution < 1.29 is 9.90 Å². The Kier molecular flexibility index (Phi) is 5.50. The van der Waals surface area contributed by atoms with Crippen LogP contribution in [0.25, 0.3) is 0 Å². The molecule has 0 unspecified atom stereocenters. The van der Waals surface area contributed by atoms with Crippen LogP contribution in [0.4, 0.5) is 0 Å². The minimum Gasteiger partial charge on any atom is -0.384 e. The molecule has 21 heavy (non-hydrogen) atoms. The molecule has 108 valence electrons. The molecule has 1 aromatic carbocycles. The number of rotatable bonds is 4. The van der Waals surface area contributed by atoms with E-state index in [2.05, 4.69) is 22.1 Å². The number of aromatic nitrogens is 1. The highest BCUT2D eigenvalue weighted by molar-refractivity contribution is 7.07. The van der Waals surface area contributed by atoms with E-state index >= 15 is 0 Å². The van der Waals surface area contributed by atoms with Gasteiger partial charge in [-0.05, 0) is 24.6 Å². The van der Waals surface area contributed by atoms with Gasteiger partial charge in [-0.3, -0.25) is 4.79 Å². The van der Waals surface area contributed by atoms with Gasteiger partial charge in [-0.15, -0.1) is 11.3 Å². The zero-order valence-corrected chi connectivity index (χ0v) is 12.5. The first kappa shape index (κ1) is 15.2. The monoisotopic (exact) mass is 300 g/mol. The van der Waals surface area contributed by atoms with Crippen molar-refractivity contribution >= 4 is 17.2 Å². The fraction of sp³-hybridized carbons (Fsp3) is 0.250. The summed E-state index contributed by atoms with van der Waals surface area (Å²) >= 11 is 1.55. The van der Waals surface area contributed by atoms with Crippen LogP contribution in [0, 0.1) is 18.8 Å². The van der Waals surface area contributed by atoms with Crippen LogP contribution in [0.3, 0.4) is 0 Å². The molecule has 0 saturated carbocycles. The van der Waals surface area contributed by atoms with Crippen molar-refractivity contribution in [1.82, 2.24) is 10.3 Å². The molecule has 1 aromatic heterocycles. The van der Waals surface area contributed by atoms with Crippen molar-refractivity contribution in [1.29, 1.82) is 0 Å². The predicted octanol–water partition coefficient (Wildman–Crippen LogP) is 1.77. The molecule has 0 aliphatic rings. The number of aliphatic hydroxyl groups is 1. The normalized spacial score (nSPS) is 9.81. The summed E-state index contributed by atoms with van der Waals surface area (Å²) in [7, 11) is 0. The zero-order valence-electron chi connectivity index (χ0n) is 11.7. The summed E-state index contributed by atoms with van der Waals surface area (Å²) in [4.78, 5) is 16.4. The summed E-state index contributed by atoms with van der Waals surface area (Å²) in [5, 5.41) is 13.6. The summed E-state index contributed by atoms with van der Waals surface area (Å²) in [6, 6.07) is 5.41. The molecule has 0 atom stereocenters. The Morgan fingerprint density at radius 2 is 2.33 bits per heavy atom. The lowest BCUT2D eigenvalue weighted by Gasteiger charge is -2.08. The summed E-state index contributed by atoms with van der Waals surface area (Å²) in [5.74, 6) is 5.33. The smallest absolute Gasteiger partial charge is 0.251 e. The minimum atomic E-state index is -0.191. The Morgan fingerprint density at radius 3 is 3.05 bits per heavy atom. The first-order valence-corrected chi connectivity index (χ1v) is 7.51. The molecule has 0 bridgehead atoms. The average molecular weight is 300 g/mol. The van der Waals surface area contributed by atoms with Gasteiger partial charge in [0.15, 0.2) is 0 Å². The first-order chi connectivity index (χ1) is 10.2. The lowest BCUT2D eigenvalue weighted by Crippen LogP contribution is -2.26. The van der Waals surface area contributed by atoms with Crippen LogP contribution in [0.2, 0.25) is 0 Å². The summed E-state index contributed by atoms with van der Waals surface area (Å²) in [6.45, 7) is 2.22. The van der Waals surface area contributed by atoms with Crippen LogP contribution < -0.4 is 5.32 Å². The van der Waals surface area contributed by atoms with E-state index in [1.165, 1.54) is 0 Å². The summed E-state index contributed by atoms with van der Waals surface area (Å²) in [6.07, 6.45) is 0.721. The molecule has 1 amide bonds. The Bertz CT molecular complexity index is 669. The number of nitrogens with one attached hydrogen (secondary N) is 1. The fourth-order valence-corrected chi connectivity index (χ4v) is 2.51.